The van der Waals surface area contributed by atoms with E-state index in [1.807, 2.05) is 0 Å². The quantitative estimate of drug-likeness (QED) is 0.694. The molecule has 6 nitrogen and oxygen atoms in total. The first-order valence-corrected chi connectivity index (χ1v) is 7.47. The lowest BCUT2D eigenvalue weighted by Crippen LogP contribution is -2.19. The molecule has 0 bridgehead atoms. The number of hydrogen-bond donors (Lipinski definition) is 4. The van der Waals surface area contributed by atoms with Crippen molar-refractivity contribution in [3.63, 3.8) is 0 Å². The Morgan fingerprint density at radius 1 is 1.09 bits per heavy atom. The zero-order chi connectivity index (χ0) is 16.7. The second-order valence-electron chi connectivity index (χ2n) is 5.22. The molecule has 1 aliphatic rings. The van der Waals surface area contributed by atoms with Crippen LogP contribution in [0.1, 0.15) is 24.8 Å². The molecule has 0 aliphatic carbocycles. The predicted octanol–water partition coefficient (Wildman–Crippen LogP) is 2.48. The Kier molecular flexibility index (Phi) is 5.94. The maximum Gasteiger partial charge on any atom is 0.303 e. The molecule has 0 radical (unpaired) electrons. The van der Waals surface area contributed by atoms with Gasteiger partial charge in [-0.2, -0.15) is 0 Å². The summed E-state index contributed by atoms with van der Waals surface area (Å²) in [6, 6.07) is 8.48. The summed E-state index contributed by atoms with van der Waals surface area (Å²) in [5, 5.41) is 20.5. The average Bonchev–Trinajstić information content (AvgIpc) is 2.98. The first-order chi connectivity index (χ1) is 11.1. The van der Waals surface area contributed by atoms with Crippen LogP contribution < -0.4 is 5.32 Å². The van der Waals surface area contributed by atoms with E-state index in [2.05, 4.69) is 46.8 Å². The van der Waals surface area contributed by atoms with Crippen molar-refractivity contribution in [3.8, 4) is 0 Å². The molecule has 0 amide bonds. The van der Waals surface area contributed by atoms with Gasteiger partial charge in [0.25, 0.3) is 0 Å². The highest BCUT2D eigenvalue weighted by Gasteiger charge is 2.09. The van der Waals surface area contributed by atoms with Gasteiger partial charge in [-0.05, 0) is 24.6 Å². The van der Waals surface area contributed by atoms with Gasteiger partial charge in [0.1, 0.15) is 0 Å². The third-order valence-electron chi connectivity index (χ3n) is 3.55. The van der Waals surface area contributed by atoms with Crippen LogP contribution in [0.4, 0.5) is 0 Å². The minimum atomic E-state index is -1.08. The van der Waals surface area contributed by atoms with Crippen LogP contribution in [0.25, 0.3) is 16.5 Å². The third kappa shape index (κ3) is 4.96. The first-order valence-electron chi connectivity index (χ1n) is 7.47. The van der Waals surface area contributed by atoms with Gasteiger partial charge in [-0.25, -0.2) is 0 Å². The maximum absolute atomic E-state index is 9.64. The number of rotatable bonds is 4. The Bertz CT molecular complexity index is 704. The molecule has 23 heavy (non-hydrogen) atoms. The van der Waals surface area contributed by atoms with Crippen molar-refractivity contribution in [1.29, 1.82) is 0 Å². The molecular formula is C17H20N2O4. The smallest absolute Gasteiger partial charge is 0.303 e. The van der Waals surface area contributed by atoms with Crippen molar-refractivity contribution >= 4 is 28.4 Å². The molecule has 6 heteroatoms. The number of carboxylic acids is 2. The molecule has 0 fully saturated rings. The number of hydrogen-bond acceptors (Lipinski definition) is 3. The second kappa shape index (κ2) is 8.14. The number of aromatic amines is 1. The Balaban J connectivity index is 0.000000207. The van der Waals surface area contributed by atoms with E-state index in [4.69, 9.17) is 10.2 Å². The third-order valence-corrected chi connectivity index (χ3v) is 3.55. The SMILES string of the molecule is C1=C(c2c[nH]c3ccccc23)CCNC1.O=C(O)CCC(=O)O. The van der Waals surface area contributed by atoms with E-state index < -0.39 is 11.9 Å². The molecule has 1 aromatic carbocycles. The highest BCUT2D eigenvalue weighted by Crippen LogP contribution is 2.27. The summed E-state index contributed by atoms with van der Waals surface area (Å²) in [5.41, 5.74) is 4.06. The maximum atomic E-state index is 9.64. The van der Waals surface area contributed by atoms with Gasteiger partial charge in [0, 0.05) is 29.2 Å². The van der Waals surface area contributed by atoms with E-state index in [1.54, 1.807) is 0 Å². The normalized spacial score (nSPS) is 13.8. The molecule has 2 heterocycles. The van der Waals surface area contributed by atoms with Gasteiger partial charge < -0.3 is 20.5 Å². The summed E-state index contributed by atoms with van der Waals surface area (Å²) in [6.07, 6.45) is 4.95. The number of aromatic nitrogens is 1. The van der Waals surface area contributed by atoms with E-state index in [9.17, 15) is 9.59 Å². The van der Waals surface area contributed by atoms with Crippen LogP contribution in [0.15, 0.2) is 36.5 Å². The molecule has 0 unspecified atom stereocenters. The largest absolute Gasteiger partial charge is 0.481 e. The molecule has 0 atom stereocenters. The fourth-order valence-electron chi connectivity index (χ4n) is 2.42. The molecule has 3 rings (SSSR count). The van der Waals surface area contributed by atoms with Gasteiger partial charge in [0.05, 0.1) is 12.8 Å². The number of carboxylic acid groups (broad SMARTS) is 2. The van der Waals surface area contributed by atoms with Crippen LogP contribution in [0, 0.1) is 0 Å². The van der Waals surface area contributed by atoms with E-state index in [0.29, 0.717) is 0 Å². The van der Waals surface area contributed by atoms with Crippen molar-refractivity contribution < 1.29 is 19.8 Å². The van der Waals surface area contributed by atoms with E-state index in [0.717, 1.165) is 19.5 Å². The number of benzene rings is 1. The van der Waals surface area contributed by atoms with Crippen LogP contribution in [-0.4, -0.2) is 40.2 Å². The lowest BCUT2D eigenvalue weighted by atomic mass is 10.00. The van der Waals surface area contributed by atoms with Crippen molar-refractivity contribution in [2.75, 3.05) is 13.1 Å². The van der Waals surface area contributed by atoms with Crippen molar-refractivity contribution in [2.45, 2.75) is 19.3 Å². The Hall–Kier alpha value is -2.60. The standard InChI is InChI=1S/C13H14N2.C4H6O4/c1-2-4-13-11(3-1)12(9-15-13)10-5-7-14-8-6-10;5-3(6)1-2-4(7)8/h1-5,9,14-15H,6-8H2;1-2H2,(H,5,6)(H,7,8). The Morgan fingerprint density at radius 3 is 2.39 bits per heavy atom. The second-order valence-corrected chi connectivity index (χ2v) is 5.22. The van der Waals surface area contributed by atoms with E-state index in [1.165, 1.54) is 22.0 Å². The van der Waals surface area contributed by atoms with Crippen LogP contribution >= 0.6 is 0 Å². The van der Waals surface area contributed by atoms with Gasteiger partial charge in [0.15, 0.2) is 0 Å². The first kappa shape index (κ1) is 16.8. The van der Waals surface area contributed by atoms with Crippen molar-refractivity contribution in [2.24, 2.45) is 0 Å². The molecule has 0 spiro atoms. The summed E-state index contributed by atoms with van der Waals surface area (Å²) in [5.74, 6) is -2.15. The van der Waals surface area contributed by atoms with Gasteiger partial charge >= 0.3 is 11.9 Å². The fraction of sp³-hybridized carbons (Fsp3) is 0.294. The van der Waals surface area contributed by atoms with Gasteiger partial charge in [0.2, 0.25) is 0 Å². The Morgan fingerprint density at radius 2 is 1.78 bits per heavy atom. The molecule has 4 N–H and O–H groups in total. The Labute approximate surface area is 133 Å². The lowest BCUT2D eigenvalue weighted by molar-refractivity contribution is -0.143. The molecule has 1 aliphatic heterocycles. The number of fused-ring (bicyclic) bond motifs is 1. The minimum Gasteiger partial charge on any atom is -0.481 e. The predicted molar refractivity (Wildman–Crippen MR) is 88.3 cm³/mol. The highest BCUT2D eigenvalue weighted by molar-refractivity contribution is 5.92. The summed E-state index contributed by atoms with van der Waals surface area (Å²) < 4.78 is 0. The molecule has 122 valence electrons. The van der Waals surface area contributed by atoms with Crippen LogP contribution in [0.2, 0.25) is 0 Å². The lowest BCUT2D eigenvalue weighted by Gasteiger charge is -2.13. The van der Waals surface area contributed by atoms with Gasteiger partial charge in [-0.1, -0.05) is 24.3 Å². The summed E-state index contributed by atoms with van der Waals surface area (Å²) >= 11 is 0. The fourth-order valence-corrected chi connectivity index (χ4v) is 2.42. The number of nitrogens with one attached hydrogen (secondary N) is 2. The van der Waals surface area contributed by atoms with E-state index >= 15 is 0 Å². The number of aliphatic carboxylic acids is 2. The monoisotopic (exact) mass is 316 g/mol. The number of carbonyl (C=O) groups is 2. The van der Waals surface area contributed by atoms with Crippen LogP contribution in [0.3, 0.4) is 0 Å². The van der Waals surface area contributed by atoms with Crippen LogP contribution in [0.5, 0.6) is 0 Å². The minimum absolute atomic E-state index is 0.296. The zero-order valence-corrected chi connectivity index (χ0v) is 12.7. The van der Waals surface area contributed by atoms with Crippen LogP contribution in [-0.2, 0) is 9.59 Å². The molecule has 0 saturated heterocycles. The number of H-pyrrole nitrogens is 1. The molecule has 2 aromatic rings. The highest BCUT2D eigenvalue weighted by atomic mass is 16.4. The summed E-state index contributed by atoms with van der Waals surface area (Å²) in [7, 11) is 0. The topological polar surface area (TPSA) is 102 Å². The summed E-state index contributed by atoms with van der Waals surface area (Å²) in [4.78, 5) is 22.6. The van der Waals surface area contributed by atoms with Crippen molar-refractivity contribution in [3.05, 3.63) is 42.1 Å². The molecular weight excluding hydrogens is 296 g/mol. The average molecular weight is 316 g/mol. The summed E-state index contributed by atoms with van der Waals surface area (Å²) in [6.45, 7) is 2.08. The van der Waals surface area contributed by atoms with Gasteiger partial charge in [-0.3, -0.25) is 9.59 Å². The van der Waals surface area contributed by atoms with Crippen molar-refractivity contribution in [1.82, 2.24) is 10.3 Å². The number of para-hydroxylation sites is 1. The zero-order valence-electron chi connectivity index (χ0n) is 12.7. The van der Waals surface area contributed by atoms with E-state index in [-0.39, 0.29) is 12.8 Å². The molecule has 1 aromatic heterocycles. The molecule has 0 saturated carbocycles. The van der Waals surface area contributed by atoms with Gasteiger partial charge in [-0.15, -0.1) is 0 Å².